The number of hydrogen-bond donors (Lipinski definition) is 2. The van der Waals surface area contributed by atoms with Crippen LogP contribution in [0, 0.1) is 0 Å². The Morgan fingerprint density at radius 3 is 2.62 bits per heavy atom. The van der Waals surface area contributed by atoms with Gasteiger partial charge >= 0.3 is 6.18 Å². The molecule has 21 heavy (non-hydrogen) atoms. The van der Waals surface area contributed by atoms with Crippen LogP contribution in [0.25, 0.3) is 0 Å². The summed E-state index contributed by atoms with van der Waals surface area (Å²) in [6, 6.07) is 2.79. The molecule has 3 N–H and O–H groups in total. The lowest BCUT2D eigenvalue weighted by Gasteiger charge is -2.14. The number of ether oxygens (including phenoxy) is 1. The van der Waals surface area contributed by atoms with Gasteiger partial charge in [-0.1, -0.05) is 13.3 Å². The first-order valence-corrected chi connectivity index (χ1v) is 6.62. The molecule has 1 amide bonds. The van der Waals surface area contributed by atoms with Gasteiger partial charge in [0.05, 0.1) is 23.0 Å². The normalized spacial score (nSPS) is 13.0. The number of amides is 1. The van der Waals surface area contributed by atoms with Gasteiger partial charge in [0.1, 0.15) is 6.61 Å². The number of nitrogens with one attached hydrogen (secondary N) is 1. The van der Waals surface area contributed by atoms with Gasteiger partial charge in [-0.05, 0) is 31.5 Å². The lowest BCUT2D eigenvalue weighted by atomic mass is 10.1. The highest BCUT2D eigenvalue weighted by Gasteiger charge is 2.30. The summed E-state index contributed by atoms with van der Waals surface area (Å²) in [5.41, 5.74) is 4.66. The SMILES string of the molecule is CCCC(C)OCC(=O)Nc1ccc(C(F)(F)F)cc1N. The van der Waals surface area contributed by atoms with Crippen LogP contribution in [0.2, 0.25) is 0 Å². The highest BCUT2D eigenvalue weighted by Crippen LogP contribution is 2.32. The van der Waals surface area contributed by atoms with E-state index in [-0.39, 0.29) is 24.1 Å². The number of halogens is 3. The van der Waals surface area contributed by atoms with Crippen LogP contribution in [0.5, 0.6) is 0 Å². The standard InChI is InChI=1S/C14H19F3N2O2/c1-3-4-9(2)21-8-13(20)19-12-6-5-10(7-11(12)18)14(15,16)17/h5-7,9H,3-4,8,18H2,1-2H3,(H,19,20). The third-order valence-electron chi connectivity index (χ3n) is 2.85. The Morgan fingerprint density at radius 2 is 2.10 bits per heavy atom. The van der Waals surface area contributed by atoms with E-state index < -0.39 is 17.6 Å². The Balaban J connectivity index is 2.61. The van der Waals surface area contributed by atoms with Crippen molar-refractivity contribution in [3.8, 4) is 0 Å². The Morgan fingerprint density at radius 1 is 1.43 bits per heavy atom. The first kappa shape index (κ1) is 17.3. The fourth-order valence-electron chi connectivity index (χ4n) is 1.75. The first-order valence-electron chi connectivity index (χ1n) is 6.62. The molecule has 0 fully saturated rings. The molecule has 4 nitrogen and oxygen atoms in total. The summed E-state index contributed by atoms with van der Waals surface area (Å²) in [7, 11) is 0. The second-order valence-corrected chi connectivity index (χ2v) is 4.76. The maximum Gasteiger partial charge on any atom is 0.416 e. The smallest absolute Gasteiger partial charge is 0.397 e. The van der Waals surface area contributed by atoms with Crippen molar-refractivity contribution in [2.24, 2.45) is 0 Å². The Bertz CT molecular complexity index is 490. The molecule has 0 spiro atoms. The zero-order valence-electron chi connectivity index (χ0n) is 12.0. The van der Waals surface area contributed by atoms with Crippen molar-refractivity contribution in [3.05, 3.63) is 23.8 Å². The number of nitrogen functional groups attached to an aromatic ring is 1. The van der Waals surface area contributed by atoms with E-state index in [1.165, 1.54) is 0 Å². The molecule has 0 saturated carbocycles. The van der Waals surface area contributed by atoms with Gasteiger partial charge in [-0.3, -0.25) is 4.79 Å². The molecule has 1 aromatic carbocycles. The number of rotatable bonds is 6. The fraction of sp³-hybridized carbons (Fsp3) is 0.500. The summed E-state index contributed by atoms with van der Waals surface area (Å²) in [6.07, 6.45) is -2.75. The maximum absolute atomic E-state index is 12.5. The molecule has 0 aliphatic rings. The minimum Gasteiger partial charge on any atom is -0.397 e. The van der Waals surface area contributed by atoms with Crippen LogP contribution < -0.4 is 11.1 Å². The first-order chi connectivity index (χ1) is 9.74. The van der Waals surface area contributed by atoms with E-state index in [2.05, 4.69) is 5.32 Å². The number of hydrogen-bond acceptors (Lipinski definition) is 3. The minimum atomic E-state index is -4.46. The molecule has 1 aromatic rings. The van der Waals surface area contributed by atoms with E-state index in [1.807, 2.05) is 13.8 Å². The number of benzene rings is 1. The van der Waals surface area contributed by atoms with Gasteiger partial charge in [0.2, 0.25) is 5.91 Å². The lowest BCUT2D eigenvalue weighted by molar-refractivity contribution is -0.137. The number of carbonyl (C=O) groups excluding carboxylic acids is 1. The van der Waals surface area contributed by atoms with E-state index in [9.17, 15) is 18.0 Å². The predicted octanol–water partition coefficient (Wildman–Crippen LogP) is 3.43. The molecule has 1 rings (SSSR count). The van der Waals surface area contributed by atoms with Crippen molar-refractivity contribution in [2.45, 2.75) is 39.0 Å². The molecule has 0 bridgehead atoms. The maximum atomic E-state index is 12.5. The van der Waals surface area contributed by atoms with E-state index in [0.717, 1.165) is 31.0 Å². The fourth-order valence-corrected chi connectivity index (χ4v) is 1.75. The summed E-state index contributed by atoms with van der Waals surface area (Å²) in [5.74, 6) is -0.454. The van der Waals surface area contributed by atoms with Crippen molar-refractivity contribution in [3.63, 3.8) is 0 Å². The van der Waals surface area contributed by atoms with Crippen LogP contribution >= 0.6 is 0 Å². The van der Waals surface area contributed by atoms with Gasteiger partial charge in [-0.25, -0.2) is 0 Å². The van der Waals surface area contributed by atoms with Gasteiger partial charge in [-0.2, -0.15) is 13.2 Å². The average molecular weight is 304 g/mol. The number of anilines is 2. The van der Waals surface area contributed by atoms with Crippen molar-refractivity contribution in [2.75, 3.05) is 17.7 Å². The molecule has 7 heteroatoms. The summed E-state index contributed by atoms with van der Waals surface area (Å²) >= 11 is 0. The molecule has 0 aromatic heterocycles. The third-order valence-corrected chi connectivity index (χ3v) is 2.85. The molecule has 0 heterocycles. The molecule has 0 aliphatic carbocycles. The van der Waals surface area contributed by atoms with Gasteiger partial charge in [-0.15, -0.1) is 0 Å². The summed E-state index contributed by atoms with van der Waals surface area (Å²) in [4.78, 5) is 11.6. The van der Waals surface area contributed by atoms with Crippen LogP contribution in [0.4, 0.5) is 24.5 Å². The van der Waals surface area contributed by atoms with Crippen LogP contribution in [-0.4, -0.2) is 18.6 Å². The van der Waals surface area contributed by atoms with E-state index >= 15 is 0 Å². The summed E-state index contributed by atoms with van der Waals surface area (Å²) < 4.78 is 42.7. The topological polar surface area (TPSA) is 64.3 Å². The van der Waals surface area contributed by atoms with E-state index in [4.69, 9.17) is 10.5 Å². The second kappa shape index (κ2) is 7.31. The highest BCUT2D eigenvalue weighted by molar-refractivity contribution is 5.94. The van der Waals surface area contributed by atoms with Gasteiger partial charge in [0.15, 0.2) is 0 Å². The Labute approximate surface area is 121 Å². The molecular formula is C14H19F3N2O2. The van der Waals surface area contributed by atoms with Gasteiger partial charge in [0, 0.05) is 0 Å². The Kier molecular flexibility index (Phi) is 6.02. The Hall–Kier alpha value is -1.76. The zero-order chi connectivity index (χ0) is 16.0. The van der Waals surface area contributed by atoms with Crippen molar-refractivity contribution >= 4 is 17.3 Å². The molecule has 1 unspecified atom stereocenters. The molecule has 0 radical (unpaired) electrons. The van der Waals surface area contributed by atoms with E-state index in [0.29, 0.717) is 0 Å². The molecule has 1 atom stereocenters. The third kappa shape index (κ3) is 5.63. The number of carbonyl (C=O) groups is 1. The van der Waals surface area contributed by atoms with Crippen LogP contribution in [0.3, 0.4) is 0 Å². The van der Waals surface area contributed by atoms with Gasteiger partial charge < -0.3 is 15.8 Å². The minimum absolute atomic E-state index is 0.0503. The van der Waals surface area contributed by atoms with Crippen LogP contribution in [0.1, 0.15) is 32.3 Å². The second-order valence-electron chi connectivity index (χ2n) is 4.76. The highest BCUT2D eigenvalue weighted by atomic mass is 19.4. The molecular weight excluding hydrogens is 285 g/mol. The zero-order valence-corrected chi connectivity index (χ0v) is 12.0. The van der Waals surface area contributed by atoms with Crippen LogP contribution in [0.15, 0.2) is 18.2 Å². The molecule has 0 saturated heterocycles. The van der Waals surface area contributed by atoms with Crippen LogP contribution in [-0.2, 0) is 15.7 Å². The summed E-state index contributed by atoms with van der Waals surface area (Å²) in [6.45, 7) is 3.69. The van der Waals surface area contributed by atoms with Crippen molar-refractivity contribution in [1.29, 1.82) is 0 Å². The van der Waals surface area contributed by atoms with Crippen molar-refractivity contribution < 1.29 is 22.7 Å². The average Bonchev–Trinajstić information content (AvgIpc) is 2.38. The quantitative estimate of drug-likeness (QED) is 0.791. The number of nitrogens with two attached hydrogens (primary N) is 1. The van der Waals surface area contributed by atoms with E-state index in [1.54, 1.807) is 0 Å². The number of alkyl halides is 3. The molecule has 0 aliphatic heterocycles. The lowest BCUT2D eigenvalue weighted by Crippen LogP contribution is -2.22. The molecule has 118 valence electrons. The van der Waals surface area contributed by atoms with Crippen molar-refractivity contribution in [1.82, 2.24) is 0 Å². The largest absolute Gasteiger partial charge is 0.416 e. The summed E-state index contributed by atoms with van der Waals surface area (Å²) in [5, 5.41) is 2.43. The predicted molar refractivity (Wildman–Crippen MR) is 74.8 cm³/mol. The monoisotopic (exact) mass is 304 g/mol. The van der Waals surface area contributed by atoms with Gasteiger partial charge in [0.25, 0.3) is 0 Å².